The Labute approximate surface area is 97.8 Å². The minimum absolute atomic E-state index is 0.122. The molecule has 0 aromatic carbocycles. The SMILES string of the molecule is CC(C)CC(CN)(CCC(C)(C)O)C(=O)O. The van der Waals surface area contributed by atoms with Crippen molar-refractivity contribution in [2.75, 3.05) is 6.54 Å². The molecule has 0 rings (SSSR count). The summed E-state index contributed by atoms with van der Waals surface area (Å²) in [6, 6.07) is 0. The van der Waals surface area contributed by atoms with Gasteiger partial charge in [0, 0.05) is 6.54 Å². The van der Waals surface area contributed by atoms with Crippen LogP contribution in [0.1, 0.15) is 47.0 Å². The molecule has 0 bridgehead atoms. The molecule has 0 saturated heterocycles. The zero-order valence-corrected chi connectivity index (χ0v) is 10.8. The number of aliphatic hydroxyl groups is 1. The third-order valence-electron chi connectivity index (χ3n) is 2.86. The van der Waals surface area contributed by atoms with E-state index >= 15 is 0 Å². The van der Waals surface area contributed by atoms with E-state index < -0.39 is 17.0 Å². The molecule has 0 radical (unpaired) electrons. The molecule has 0 aliphatic heterocycles. The lowest BCUT2D eigenvalue weighted by atomic mass is 9.75. The first-order valence-corrected chi connectivity index (χ1v) is 5.79. The number of carboxylic acids is 1. The Bertz CT molecular complexity index is 233. The van der Waals surface area contributed by atoms with Crippen LogP contribution >= 0.6 is 0 Å². The summed E-state index contributed by atoms with van der Waals surface area (Å²) in [6.45, 7) is 7.46. The van der Waals surface area contributed by atoms with Gasteiger partial charge in [0.25, 0.3) is 0 Å². The van der Waals surface area contributed by atoms with Gasteiger partial charge in [-0.3, -0.25) is 4.79 Å². The van der Waals surface area contributed by atoms with Gasteiger partial charge in [-0.05, 0) is 39.0 Å². The molecule has 4 nitrogen and oxygen atoms in total. The third kappa shape index (κ3) is 4.94. The molecule has 1 unspecified atom stereocenters. The summed E-state index contributed by atoms with van der Waals surface area (Å²) in [6.07, 6.45) is 1.42. The van der Waals surface area contributed by atoms with Crippen molar-refractivity contribution < 1.29 is 15.0 Å². The van der Waals surface area contributed by atoms with Crippen molar-refractivity contribution in [1.82, 2.24) is 0 Å². The van der Waals surface area contributed by atoms with Gasteiger partial charge in [-0.25, -0.2) is 0 Å². The fourth-order valence-corrected chi connectivity index (χ4v) is 1.90. The molecular formula is C12H25NO3. The van der Waals surface area contributed by atoms with Crippen LogP contribution in [-0.2, 0) is 4.79 Å². The maximum absolute atomic E-state index is 11.3. The highest BCUT2D eigenvalue weighted by atomic mass is 16.4. The van der Waals surface area contributed by atoms with E-state index in [1.807, 2.05) is 13.8 Å². The summed E-state index contributed by atoms with van der Waals surface area (Å²) in [7, 11) is 0. The van der Waals surface area contributed by atoms with Gasteiger partial charge in [0.2, 0.25) is 0 Å². The van der Waals surface area contributed by atoms with E-state index in [0.717, 1.165) is 0 Å². The van der Waals surface area contributed by atoms with Gasteiger partial charge in [0.05, 0.1) is 11.0 Å². The van der Waals surface area contributed by atoms with Crippen molar-refractivity contribution >= 4 is 5.97 Å². The second-order valence-electron chi connectivity index (χ2n) is 5.70. The largest absolute Gasteiger partial charge is 0.481 e. The highest BCUT2D eigenvalue weighted by Crippen LogP contribution is 2.33. The van der Waals surface area contributed by atoms with Gasteiger partial charge in [0.1, 0.15) is 0 Å². The molecule has 1 atom stereocenters. The number of rotatable bonds is 7. The summed E-state index contributed by atoms with van der Waals surface area (Å²) < 4.78 is 0. The summed E-state index contributed by atoms with van der Waals surface area (Å²) in [5, 5.41) is 19.0. The topological polar surface area (TPSA) is 83.5 Å². The molecule has 0 aromatic rings. The maximum atomic E-state index is 11.3. The van der Waals surface area contributed by atoms with E-state index in [9.17, 15) is 15.0 Å². The predicted octanol–water partition coefficient (Wildman–Crippen LogP) is 1.61. The monoisotopic (exact) mass is 231 g/mol. The second-order valence-corrected chi connectivity index (χ2v) is 5.70. The van der Waals surface area contributed by atoms with Crippen LogP contribution in [0.3, 0.4) is 0 Å². The minimum Gasteiger partial charge on any atom is -0.481 e. The van der Waals surface area contributed by atoms with Crippen LogP contribution in [0, 0.1) is 11.3 Å². The Hall–Kier alpha value is -0.610. The van der Waals surface area contributed by atoms with E-state index in [-0.39, 0.29) is 12.5 Å². The number of aliphatic carboxylic acids is 1. The van der Waals surface area contributed by atoms with Crippen LogP contribution in [-0.4, -0.2) is 28.3 Å². The van der Waals surface area contributed by atoms with Crippen LogP contribution in [0.15, 0.2) is 0 Å². The number of carboxylic acid groups (broad SMARTS) is 1. The van der Waals surface area contributed by atoms with Gasteiger partial charge in [0.15, 0.2) is 0 Å². The lowest BCUT2D eigenvalue weighted by Gasteiger charge is -2.32. The van der Waals surface area contributed by atoms with Gasteiger partial charge in [-0.1, -0.05) is 13.8 Å². The van der Waals surface area contributed by atoms with Crippen molar-refractivity contribution in [3.8, 4) is 0 Å². The van der Waals surface area contributed by atoms with Crippen molar-refractivity contribution in [3.05, 3.63) is 0 Å². The van der Waals surface area contributed by atoms with Crippen molar-refractivity contribution in [2.45, 2.75) is 52.6 Å². The Morgan fingerprint density at radius 1 is 1.31 bits per heavy atom. The first-order chi connectivity index (χ1) is 7.13. The first-order valence-electron chi connectivity index (χ1n) is 5.79. The Morgan fingerprint density at radius 3 is 2.06 bits per heavy atom. The molecule has 0 spiro atoms. The lowest BCUT2D eigenvalue weighted by Crippen LogP contribution is -2.41. The Kier molecular flexibility index (Phi) is 5.42. The number of carbonyl (C=O) groups is 1. The summed E-state index contributed by atoms with van der Waals surface area (Å²) in [4.78, 5) is 11.3. The average Bonchev–Trinajstić information content (AvgIpc) is 2.09. The van der Waals surface area contributed by atoms with Crippen LogP contribution in [0.5, 0.6) is 0 Å². The first kappa shape index (κ1) is 15.4. The van der Waals surface area contributed by atoms with E-state index in [0.29, 0.717) is 19.3 Å². The summed E-state index contributed by atoms with van der Waals surface area (Å²) >= 11 is 0. The third-order valence-corrected chi connectivity index (χ3v) is 2.86. The van der Waals surface area contributed by atoms with Gasteiger partial charge >= 0.3 is 5.97 Å². The molecule has 0 amide bonds. The van der Waals surface area contributed by atoms with E-state index in [1.165, 1.54) is 0 Å². The molecule has 0 saturated carbocycles. The molecular weight excluding hydrogens is 206 g/mol. The molecule has 0 heterocycles. The average molecular weight is 231 g/mol. The number of nitrogens with two attached hydrogens (primary N) is 1. The smallest absolute Gasteiger partial charge is 0.310 e. The van der Waals surface area contributed by atoms with Crippen LogP contribution in [0.2, 0.25) is 0 Å². The van der Waals surface area contributed by atoms with Crippen LogP contribution < -0.4 is 5.73 Å². The van der Waals surface area contributed by atoms with Gasteiger partial charge < -0.3 is 15.9 Å². The highest BCUT2D eigenvalue weighted by molar-refractivity contribution is 5.75. The van der Waals surface area contributed by atoms with E-state index in [4.69, 9.17) is 5.73 Å². The minimum atomic E-state index is -0.895. The summed E-state index contributed by atoms with van der Waals surface area (Å²) in [5.41, 5.74) is 3.89. The quantitative estimate of drug-likeness (QED) is 0.621. The van der Waals surface area contributed by atoms with Crippen molar-refractivity contribution in [1.29, 1.82) is 0 Å². The molecule has 0 aromatic heterocycles. The van der Waals surface area contributed by atoms with Crippen LogP contribution in [0.25, 0.3) is 0 Å². The molecule has 4 N–H and O–H groups in total. The predicted molar refractivity (Wildman–Crippen MR) is 64.1 cm³/mol. The Balaban J connectivity index is 4.71. The maximum Gasteiger partial charge on any atom is 0.310 e. The fourth-order valence-electron chi connectivity index (χ4n) is 1.90. The van der Waals surface area contributed by atoms with Crippen molar-refractivity contribution in [2.24, 2.45) is 17.1 Å². The summed E-state index contributed by atoms with van der Waals surface area (Å²) in [5.74, 6) is -0.575. The van der Waals surface area contributed by atoms with Crippen LogP contribution in [0.4, 0.5) is 0 Å². The lowest BCUT2D eigenvalue weighted by molar-refractivity contribution is -0.150. The molecule has 4 heteroatoms. The molecule has 0 aliphatic rings. The molecule has 96 valence electrons. The van der Waals surface area contributed by atoms with Gasteiger partial charge in [-0.2, -0.15) is 0 Å². The fraction of sp³-hybridized carbons (Fsp3) is 0.917. The zero-order chi connectivity index (χ0) is 13.0. The molecule has 0 fully saturated rings. The van der Waals surface area contributed by atoms with Gasteiger partial charge in [-0.15, -0.1) is 0 Å². The van der Waals surface area contributed by atoms with E-state index in [1.54, 1.807) is 13.8 Å². The second kappa shape index (κ2) is 5.64. The normalized spacial score (nSPS) is 16.2. The molecule has 16 heavy (non-hydrogen) atoms. The van der Waals surface area contributed by atoms with E-state index in [2.05, 4.69) is 0 Å². The van der Waals surface area contributed by atoms with Crippen molar-refractivity contribution in [3.63, 3.8) is 0 Å². The zero-order valence-electron chi connectivity index (χ0n) is 10.8. The number of hydrogen-bond donors (Lipinski definition) is 3. The molecule has 0 aliphatic carbocycles. The Morgan fingerprint density at radius 2 is 1.81 bits per heavy atom. The standard InChI is InChI=1S/C12H25NO3/c1-9(2)7-12(8-13,10(14)15)6-5-11(3,4)16/h9,16H,5-8,13H2,1-4H3,(H,14,15). The highest BCUT2D eigenvalue weighted by Gasteiger charge is 2.38. The number of hydrogen-bond acceptors (Lipinski definition) is 3.